The minimum Gasteiger partial charge on any atom is -0.306 e. The molecule has 0 saturated heterocycles. The van der Waals surface area contributed by atoms with E-state index in [1.54, 1.807) is 22.7 Å². The van der Waals surface area contributed by atoms with Crippen molar-refractivity contribution in [1.29, 1.82) is 0 Å². The predicted molar refractivity (Wildman–Crippen MR) is 79.6 cm³/mol. The van der Waals surface area contributed by atoms with Gasteiger partial charge in [-0.15, -0.1) is 11.3 Å². The Morgan fingerprint density at radius 3 is 2.75 bits per heavy atom. The van der Waals surface area contributed by atoms with E-state index in [4.69, 9.17) is 0 Å². The van der Waals surface area contributed by atoms with Gasteiger partial charge in [-0.05, 0) is 72.4 Å². The summed E-state index contributed by atoms with van der Waals surface area (Å²) in [6.45, 7) is 3.09. The molecule has 0 aliphatic heterocycles. The lowest BCUT2D eigenvalue weighted by Gasteiger charge is -2.16. The van der Waals surface area contributed by atoms with E-state index < -0.39 is 0 Å². The molecule has 0 aliphatic carbocycles. The molecular weight excluding hydrogens is 370 g/mol. The van der Waals surface area contributed by atoms with Crippen LogP contribution in [0, 0.1) is 0 Å². The molecule has 2 heterocycles. The van der Waals surface area contributed by atoms with Crippen molar-refractivity contribution >= 4 is 54.5 Å². The van der Waals surface area contributed by atoms with Crippen molar-refractivity contribution in [2.45, 2.75) is 13.0 Å². The maximum absolute atomic E-state index is 3.63. The first kappa shape index (κ1) is 12.8. The average molecular weight is 381 g/mol. The number of rotatable bonds is 4. The van der Waals surface area contributed by atoms with Gasteiger partial charge in [0.05, 0.1) is 13.6 Å². The van der Waals surface area contributed by atoms with Crippen LogP contribution in [0.2, 0.25) is 0 Å². The molecule has 1 N–H and O–H groups in total. The molecule has 0 saturated carbocycles. The summed E-state index contributed by atoms with van der Waals surface area (Å²) >= 11 is 10.6. The normalized spacial score (nSPS) is 12.9. The average Bonchev–Trinajstić information content (AvgIpc) is 2.85. The monoisotopic (exact) mass is 379 g/mol. The zero-order valence-corrected chi connectivity index (χ0v) is 13.5. The molecule has 0 aliphatic rings. The maximum atomic E-state index is 3.63. The van der Waals surface area contributed by atoms with Gasteiger partial charge in [-0.3, -0.25) is 0 Å². The Morgan fingerprint density at radius 1 is 1.44 bits per heavy atom. The zero-order chi connectivity index (χ0) is 11.5. The van der Waals surface area contributed by atoms with Crippen LogP contribution in [-0.4, -0.2) is 6.54 Å². The minimum absolute atomic E-state index is 0.285. The molecule has 2 aromatic rings. The van der Waals surface area contributed by atoms with E-state index in [-0.39, 0.29) is 6.04 Å². The van der Waals surface area contributed by atoms with Crippen LogP contribution in [0.3, 0.4) is 0 Å². The number of halogens is 2. The second kappa shape index (κ2) is 5.78. The van der Waals surface area contributed by atoms with Gasteiger partial charge in [0.1, 0.15) is 0 Å². The van der Waals surface area contributed by atoms with E-state index in [0.29, 0.717) is 0 Å². The summed E-state index contributed by atoms with van der Waals surface area (Å²) in [4.78, 5) is 0. The van der Waals surface area contributed by atoms with Crippen molar-refractivity contribution in [3.05, 3.63) is 41.6 Å². The molecule has 2 aromatic heterocycles. The third kappa shape index (κ3) is 2.76. The quantitative estimate of drug-likeness (QED) is 0.783. The van der Waals surface area contributed by atoms with E-state index in [1.807, 2.05) is 0 Å². The van der Waals surface area contributed by atoms with Gasteiger partial charge < -0.3 is 5.32 Å². The van der Waals surface area contributed by atoms with Crippen molar-refractivity contribution in [3.63, 3.8) is 0 Å². The third-order valence-corrected chi connectivity index (χ3v) is 5.37. The van der Waals surface area contributed by atoms with Gasteiger partial charge in [0, 0.05) is 0 Å². The Labute approximate surface area is 120 Å². The number of hydrogen-bond acceptors (Lipinski definition) is 3. The van der Waals surface area contributed by atoms with E-state index >= 15 is 0 Å². The van der Waals surface area contributed by atoms with Crippen LogP contribution in [0.15, 0.2) is 30.5 Å². The van der Waals surface area contributed by atoms with Gasteiger partial charge in [-0.1, -0.05) is 6.92 Å². The molecule has 1 nitrogen and oxygen atoms in total. The fourth-order valence-electron chi connectivity index (χ4n) is 1.60. The number of nitrogens with one attached hydrogen (secondary N) is 1. The highest BCUT2D eigenvalue weighted by molar-refractivity contribution is 9.12. The number of thiophene rings is 2. The molecule has 2 rings (SSSR count). The fraction of sp³-hybridized carbons (Fsp3) is 0.273. The molecule has 1 unspecified atom stereocenters. The lowest BCUT2D eigenvalue weighted by atomic mass is 10.1. The highest BCUT2D eigenvalue weighted by Crippen LogP contribution is 2.38. The van der Waals surface area contributed by atoms with E-state index in [9.17, 15) is 0 Å². The summed E-state index contributed by atoms with van der Waals surface area (Å²) in [6.07, 6.45) is 0. The zero-order valence-electron chi connectivity index (χ0n) is 8.67. The summed E-state index contributed by atoms with van der Waals surface area (Å²) in [5.74, 6) is 0. The van der Waals surface area contributed by atoms with Crippen molar-refractivity contribution in [3.8, 4) is 0 Å². The van der Waals surface area contributed by atoms with Crippen molar-refractivity contribution in [2.24, 2.45) is 0 Å². The predicted octanol–water partition coefficient (Wildman–Crippen LogP) is 5.03. The van der Waals surface area contributed by atoms with Gasteiger partial charge in [0.25, 0.3) is 0 Å². The van der Waals surface area contributed by atoms with Gasteiger partial charge in [-0.2, -0.15) is 11.3 Å². The van der Waals surface area contributed by atoms with Crippen molar-refractivity contribution in [2.75, 3.05) is 6.54 Å². The minimum atomic E-state index is 0.285. The Hall–Kier alpha value is 0.320. The lowest BCUT2D eigenvalue weighted by molar-refractivity contribution is 0.632. The van der Waals surface area contributed by atoms with Crippen LogP contribution in [0.25, 0.3) is 0 Å². The summed E-state index contributed by atoms with van der Waals surface area (Å²) in [6, 6.07) is 4.64. The number of hydrogen-bond donors (Lipinski definition) is 1. The molecule has 5 heteroatoms. The highest BCUT2D eigenvalue weighted by atomic mass is 79.9. The molecule has 0 amide bonds. The largest absolute Gasteiger partial charge is 0.306 e. The van der Waals surface area contributed by atoms with Crippen LogP contribution < -0.4 is 5.32 Å². The van der Waals surface area contributed by atoms with Gasteiger partial charge in [0.2, 0.25) is 0 Å². The van der Waals surface area contributed by atoms with Crippen LogP contribution >= 0.6 is 54.5 Å². The maximum Gasteiger partial charge on any atom is 0.0761 e. The standard InChI is InChI=1S/C11H11Br2NS2/c1-2-14-10(7-3-4-15-6-7)8-5-9(12)16-11(8)13/h3-6,10,14H,2H2,1H3. The Bertz CT molecular complexity index is 451. The summed E-state index contributed by atoms with van der Waals surface area (Å²) in [5, 5.41) is 7.84. The van der Waals surface area contributed by atoms with Crippen LogP contribution in [0.4, 0.5) is 0 Å². The topological polar surface area (TPSA) is 12.0 Å². The first-order valence-corrected chi connectivity index (χ1v) is 8.27. The van der Waals surface area contributed by atoms with Gasteiger partial charge in [0.15, 0.2) is 0 Å². The highest BCUT2D eigenvalue weighted by Gasteiger charge is 2.18. The first-order valence-electron chi connectivity index (χ1n) is 4.92. The second-order valence-corrected chi connectivity index (χ2v) is 7.86. The smallest absolute Gasteiger partial charge is 0.0761 e. The van der Waals surface area contributed by atoms with Crippen LogP contribution in [0.5, 0.6) is 0 Å². The first-order chi connectivity index (χ1) is 7.72. The van der Waals surface area contributed by atoms with E-state index in [2.05, 4.69) is 67.0 Å². The lowest BCUT2D eigenvalue weighted by Crippen LogP contribution is -2.21. The van der Waals surface area contributed by atoms with Gasteiger partial charge in [-0.25, -0.2) is 0 Å². The van der Waals surface area contributed by atoms with E-state index in [0.717, 1.165) is 10.3 Å². The Morgan fingerprint density at radius 2 is 2.25 bits per heavy atom. The molecular formula is C11H11Br2NS2. The Balaban J connectivity index is 2.36. The van der Waals surface area contributed by atoms with Crippen molar-refractivity contribution in [1.82, 2.24) is 5.32 Å². The molecule has 16 heavy (non-hydrogen) atoms. The molecule has 0 bridgehead atoms. The molecule has 0 spiro atoms. The van der Waals surface area contributed by atoms with E-state index in [1.165, 1.54) is 14.9 Å². The summed E-state index contributed by atoms with van der Waals surface area (Å²) in [5.41, 5.74) is 2.63. The SMILES string of the molecule is CCNC(c1ccsc1)c1cc(Br)sc1Br. The van der Waals surface area contributed by atoms with Crippen molar-refractivity contribution < 1.29 is 0 Å². The molecule has 0 aromatic carbocycles. The summed E-state index contributed by atoms with van der Waals surface area (Å²) in [7, 11) is 0. The summed E-state index contributed by atoms with van der Waals surface area (Å²) < 4.78 is 2.35. The second-order valence-electron chi connectivity index (χ2n) is 3.33. The van der Waals surface area contributed by atoms with Gasteiger partial charge >= 0.3 is 0 Å². The fourth-order valence-corrected chi connectivity index (χ4v) is 5.19. The molecule has 0 radical (unpaired) electrons. The van der Waals surface area contributed by atoms with Crippen LogP contribution in [-0.2, 0) is 0 Å². The Kier molecular flexibility index (Phi) is 4.61. The van der Waals surface area contributed by atoms with Crippen LogP contribution in [0.1, 0.15) is 24.1 Å². The molecule has 0 fully saturated rings. The molecule has 86 valence electrons. The molecule has 1 atom stereocenters. The third-order valence-electron chi connectivity index (χ3n) is 2.28.